The van der Waals surface area contributed by atoms with Gasteiger partial charge in [0.15, 0.2) is 11.5 Å². The van der Waals surface area contributed by atoms with Crippen molar-refractivity contribution in [3.05, 3.63) is 35.0 Å². The van der Waals surface area contributed by atoms with E-state index in [0.717, 1.165) is 0 Å². The summed E-state index contributed by atoms with van der Waals surface area (Å²) in [7, 11) is 0. The van der Waals surface area contributed by atoms with Gasteiger partial charge in [0.2, 0.25) is 0 Å². The van der Waals surface area contributed by atoms with Crippen LogP contribution in [0.25, 0.3) is 0 Å². The van der Waals surface area contributed by atoms with Crippen molar-refractivity contribution in [2.75, 3.05) is 0 Å². The zero-order valence-electron chi connectivity index (χ0n) is 9.34. The first-order chi connectivity index (χ1) is 8.73. The van der Waals surface area contributed by atoms with E-state index >= 15 is 0 Å². The second-order valence-electron chi connectivity index (χ2n) is 3.15. The zero-order valence-corrected chi connectivity index (χ0v) is 9.34. The Morgan fingerprint density at radius 1 is 0.889 bits per heavy atom. The molecule has 0 unspecified atom stereocenters. The Morgan fingerprint density at radius 3 is 1.44 bits per heavy atom. The molecule has 2 aromatic rings. The molecule has 0 aromatic carbocycles. The number of hydrogen-bond donors (Lipinski definition) is 2. The van der Waals surface area contributed by atoms with Gasteiger partial charge >= 0.3 is 0 Å². The third kappa shape index (κ3) is 4.22. The first kappa shape index (κ1) is 14.3. The number of hydrogen-bond acceptors (Lipinski definition) is 6. The van der Waals surface area contributed by atoms with Crippen LogP contribution in [0.4, 0.5) is 8.78 Å². The number of alkyl halides is 2. The molecule has 0 bridgehead atoms. The van der Waals surface area contributed by atoms with Crippen molar-refractivity contribution < 1.29 is 28.0 Å². The van der Waals surface area contributed by atoms with Gasteiger partial charge in [-0.3, -0.25) is 0 Å². The molecule has 100 valence electrons. The van der Waals surface area contributed by atoms with E-state index in [1.807, 2.05) is 0 Å². The Morgan fingerprint density at radius 2 is 1.28 bits per heavy atom. The van der Waals surface area contributed by atoms with Crippen LogP contribution in [0.5, 0.6) is 0 Å². The van der Waals surface area contributed by atoms with E-state index in [2.05, 4.69) is 19.4 Å². The van der Waals surface area contributed by atoms with Crippen molar-refractivity contribution in [2.24, 2.45) is 0 Å². The molecule has 2 N–H and O–H groups in total. The maximum Gasteiger partial charge on any atom is 0.168 e. The van der Waals surface area contributed by atoms with Crippen molar-refractivity contribution in [3.63, 3.8) is 0 Å². The number of aromatic nitrogens is 2. The minimum absolute atomic E-state index is 0.152. The largest absolute Gasteiger partial charge is 0.390 e. The molecule has 18 heavy (non-hydrogen) atoms. The summed E-state index contributed by atoms with van der Waals surface area (Å²) in [6.07, 6.45) is 0. The van der Waals surface area contributed by atoms with Crippen molar-refractivity contribution in [3.8, 4) is 0 Å². The van der Waals surface area contributed by atoms with Crippen molar-refractivity contribution in [1.29, 1.82) is 0 Å². The first-order valence-electron chi connectivity index (χ1n) is 4.96. The molecule has 0 saturated heterocycles. The van der Waals surface area contributed by atoms with Gasteiger partial charge in [0.05, 0.1) is 13.2 Å². The number of rotatable bonds is 4. The van der Waals surface area contributed by atoms with E-state index in [9.17, 15) is 8.78 Å². The lowest BCUT2D eigenvalue weighted by Gasteiger charge is -1.76. The molecule has 0 spiro atoms. The number of halogens is 2. The topological polar surface area (TPSA) is 92.5 Å². The highest BCUT2D eigenvalue weighted by molar-refractivity contribution is 5.03. The van der Waals surface area contributed by atoms with Gasteiger partial charge < -0.3 is 19.3 Å². The summed E-state index contributed by atoms with van der Waals surface area (Å²) in [5.41, 5.74) is 0.727. The van der Waals surface area contributed by atoms with E-state index in [0.29, 0.717) is 11.4 Å². The molecular weight excluding hydrogens is 250 g/mol. The van der Waals surface area contributed by atoms with E-state index in [4.69, 9.17) is 10.2 Å². The van der Waals surface area contributed by atoms with Gasteiger partial charge in [-0.2, -0.15) is 0 Å². The van der Waals surface area contributed by atoms with Gasteiger partial charge in [-0.25, -0.2) is 8.78 Å². The molecule has 0 radical (unpaired) electrons. The molecule has 2 heterocycles. The van der Waals surface area contributed by atoms with Crippen LogP contribution in [0.15, 0.2) is 21.2 Å². The standard InChI is InChI=1S/2C5H6FNO2/c2*6-2-5-1-4(3-8)7-9-5/h2*1,8H,2-3H2. The van der Waals surface area contributed by atoms with Gasteiger partial charge in [0, 0.05) is 12.1 Å². The molecule has 0 fully saturated rings. The summed E-state index contributed by atoms with van der Waals surface area (Å²) in [6, 6.07) is 2.75. The van der Waals surface area contributed by atoms with Crippen LogP contribution < -0.4 is 0 Å². The van der Waals surface area contributed by atoms with E-state index in [1.54, 1.807) is 0 Å². The molecule has 0 saturated carbocycles. The summed E-state index contributed by atoms with van der Waals surface area (Å²) in [4.78, 5) is 0. The zero-order chi connectivity index (χ0) is 13.4. The van der Waals surface area contributed by atoms with Gasteiger partial charge in [-0.1, -0.05) is 10.3 Å². The molecule has 8 heteroatoms. The third-order valence-electron chi connectivity index (χ3n) is 1.80. The maximum absolute atomic E-state index is 11.7. The van der Waals surface area contributed by atoms with E-state index in [-0.39, 0.29) is 24.7 Å². The van der Waals surface area contributed by atoms with E-state index in [1.165, 1.54) is 12.1 Å². The SMILES string of the molecule is OCc1cc(CF)on1.OCc1cc(CF)on1. The molecule has 2 aromatic heterocycles. The Kier molecular flexibility index (Phi) is 5.95. The van der Waals surface area contributed by atoms with Crippen molar-refractivity contribution >= 4 is 0 Å². The van der Waals surface area contributed by atoms with Crippen LogP contribution in [0.1, 0.15) is 22.9 Å². The van der Waals surface area contributed by atoms with Crippen LogP contribution in [0, 0.1) is 0 Å². The number of aliphatic hydroxyl groups excluding tert-OH is 2. The molecular formula is C10H12F2N2O4. The quantitative estimate of drug-likeness (QED) is 0.862. The number of aliphatic hydroxyl groups is 2. The highest BCUT2D eigenvalue weighted by Crippen LogP contribution is 2.04. The highest BCUT2D eigenvalue weighted by Gasteiger charge is 2.00. The average molecular weight is 262 g/mol. The summed E-state index contributed by atoms with van der Waals surface area (Å²) in [5, 5.41) is 23.5. The van der Waals surface area contributed by atoms with Crippen molar-refractivity contribution in [1.82, 2.24) is 10.3 Å². The van der Waals surface area contributed by atoms with Crippen molar-refractivity contribution in [2.45, 2.75) is 26.6 Å². The molecule has 0 amide bonds. The molecule has 6 nitrogen and oxygen atoms in total. The van der Waals surface area contributed by atoms with Gasteiger partial charge in [0.1, 0.15) is 24.7 Å². The normalized spacial score (nSPS) is 10.0. The third-order valence-corrected chi connectivity index (χ3v) is 1.80. The fraction of sp³-hybridized carbons (Fsp3) is 0.400. The minimum atomic E-state index is -0.674. The Hall–Kier alpha value is -1.80. The first-order valence-corrected chi connectivity index (χ1v) is 4.96. The monoisotopic (exact) mass is 262 g/mol. The fourth-order valence-corrected chi connectivity index (χ4v) is 0.987. The second-order valence-corrected chi connectivity index (χ2v) is 3.15. The number of nitrogens with zero attached hydrogens (tertiary/aromatic N) is 2. The Labute approximate surface area is 101 Å². The summed E-state index contributed by atoms with van der Waals surface area (Å²) in [6.45, 7) is -1.76. The highest BCUT2D eigenvalue weighted by atomic mass is 19.1. The minimum Gasteiger partial charge on any atom is -0.390 e. The summed E-state index contributed by atoms with van der Waals surface area (Å²) < 4.78 is 32.2. The predicted molar refractivity (Wildman–Crippen MR) is 54.5 cm³/mol. The lowest BCUT2D eigenvalue weighted by molar-refractivity contribution is 0.262. The second kappa shape index (κ2) is 7.51. The lowest BCUT2D eigenvalue weighted by atomic mass is 10.4. The molecule has 0 aliphatic heterocycles. The van der Waals surface area contributed by atoms with Gasteiger partial charge in [-0.05, 0) is 0 Å². The smallest absolute Gasteiger partial charge is 0.168 e. The summed E-state index contributed by atoms with van der Waals surface area (Å²) in [5.74, 6) is 0.304. The molecule has 0 aliphatic carbocycles. The van der Waals surface area contributed by atoms with Gasteiger partial charge in [0.25, 0.3) is 0 Å². The summed E-state index contributed by atoms with van der Waals surface area (Å²) >= 11 is 0. The van der Waals surface area contributed by atoms with Crippen LogP contribution in [-0.4, -0.2) is 20.5 Å². The van der Waals surface area contributed by atoms with Crippen LogP contribution in [-0.2, 0) is 26.6 Å². The molecule has 0 aliphatic rings. The Bertz CT molecular complexity index is 379. The average Bonchev–Trinajstić information content (AvgIpc) is 3.07. The molecule has 0 atom stereocenters. The van der Waals surface area contributed by atoms with Crippen LogP contribution in [0.3, 0.4) is 0 Å². The maximum atomic E-state index is 11.7. The Balaban J connectivity index is 0.000000180. The van der Waals surface area contributed by atoms with Gasteiger partial charge in [-0.15, -0.1) is 0 Å². The molecule has 2 rings (SSSR count). The predicted octanol–water partition coefficient (Wildman–Crippen LogP) is 1.27. The fourth-order valence-electron chi connectivity index (χ4n) is 0.987. The lowest BCUT2D eigenvalue weighted by Crippen LogP contribution is -1.78. The van der Waals surface area contributed by atoms with Crippen LogP contribution in [0.2, 0.25) is 0 Å². The van der Waals surface area contributed by atoms with E-state index < -0.39 is 13.3 Å². The van der Waals surface area contributed by atoms with Crippen LogP contribution >= 0.6 is 0 Å².